The molecule has 1 heterocycles. The van der Waals surface area contributed by atoms with Gasteiger partial charge in [-0.2, -0.15) is 13.2 Å². The van der Waals surface area contributed by atoms with Crippen molar-refractivity contribution in [2.75, 3.05) is 26.2 Å². The fraction of sp³-hybridized carbons (Fsp3) is 0.542. The summed E-state index contributed by atoms with van der Waals surface area (Å²) in [5, 5.41) is -0.823. The number of carbonyl (C=O) groups excluding carboxylic acids is 1. The average molecular weight is 506 g/mol. The van der Waals surface area contributed by atoms with Crippen LogP contribution in [0.5, 0.6) is 5.75 Å². The normalized spacial score (nSPS) is 24.6. The Balaban J connectivity index is 1.32. The number of benzene rings is 1. The molecule has 0 radical (unpaired) electrons. The Morgan fingerprint density at radius 2 is 1.88 bits per heavy atom. The Hall–Kier alpha value is -1.57. The molecule has 2 aliphatic carbocycles. The summed E-state index contributed by atoms with van der Waals surface area (Å²) < 4.78 is 59.4. The van der Waals surface area contributed by atoms with Crippen molar-refractivity contribution in [2.45, 2.75) is 49.1 Å². The minimum absolute atomic E-state index is 0.130. The summed E-state index contributed by atoms with van der Waals surface area (Å²) in [5.74, 6) is 0.267. The molecule has 1 aromatic carbocycles. The molecule has 0 N–H and O–H groups in total. The molecule has 4 rings (SSSR count). The molecule has 0 spiro atoms. The number of hydrogen-bond donors (Lipinski definition) is 0. The van der Waals surface area contributed by atoms with Gasteiger partial charge in [0.2, 0.25) is 0 Å². The van der Waals surface area contributed by atoms with E-state index in [4.69, 9.17) is 27.9 Å². The molecule has 1 atom stereocenters. The number of ether oxygens (including phenoxy) is 1. The zero-order chi connectivity index (χ0) is 23.8. The zero-order valence-electron chi connectivity index (χ0n) is 17.9. The Kier molecular flexibility index (Phi) is 7.13. The molecule has 1 saturated heterocycles. The van der Waals surface area contributed by atoms with Crippen LogP contribution in [0, 0.1) is 11.7 Å². The lowest BCUT2D eigenvalue weighted by molar-refractivity contribution is -0.0889. The predicted molar refractivity (Wildman–Crippen MR) is 120 cm³/mol. The number of nitrogens with zero attached hydrogens (tertiary/aromatic N) is 1. The van der Waals surface area contributed by atoms with E-state index in [0.29, 0.717) is 38.4 Å². The highest BCUT2D eigenvalue weighted by Gasteiger charge is 2.39. The van der Waals surface area contributed by atoms with Crippen LogP contribution in [0.4, 0.5) is 17.6 Å². The van der Waals surface area contributed by atoms with Gasteiger partial charge >= 0.3 is 6.18 Å². The number of halogens is 6. The number of hydrogen-bond acceptors (Lipinski definition) is 3. The van der Waals surface area contributed by atoms with Gasteiger partial charge in [-0.1, -0.05) is 12.2 Å². The molecule has 180 valence electrons. The van der Waals surface area contributed by atoms with Gasteiger partial charge in [-0.05, 0) is 86.3 Å². The number of likely N-dealkylation sites (tertiary alicyclic amines) is 1. The van der Waals surface area contributed by atoms with Gasteiger partial charge in [-0.25, -0.2) is 4.39 Å². The maximum atomic E-state index is 14.3. The first kappa shape index (κ1) is 24.6. The number of rotatable bonds is 7. The average Bonchev–Trinajstić information content (AvgIpc) is 3.57. The Labute approximate surface area is 200 Å². The number of allylic oxidation sites excluding steroid dienone is 3. The fourth-order valence-electron chi connectivity index (χ4n) is 4.51. The third-order valence-electron chi connectivity index (χ3n) is 6.49. The lowest BCUT2D eigenvalue weighted by Gasteiger charge is -2.37. The third kappa shape index (κ3) is 6.11. The molecule has 33 heavy (non-hydrogen) atoms. The van der Waals surface area contributed by atoms with Crippen molar-refractivity contribution in [1.82, 2.24) is 4.90 Å². The first-order valence-corrected chi connectivity index (χ1v) is 11.8. The summed E-state index contributed by atoms with van der Waals surface area (Å²) in [6, 6.07) is 2.75. The summed E-state index contributed by atoms with van der Waals surface area (Å²) in [5.41, 5.74) is -0.0123. The van der Waals surface area contributed by atoms with Crippen LogP contribution < -0.4 is 4.74 Å². The van der Waals surface area contributed by atoms with Crippen molar-refractivity contribution in [3.05, 3.63) is 52.9 Å². The lowest BCUT2D eigenvalue weighted by atomic mass is 9.92. The minimum Gasteiger partial charge on any atom is -0.493 e. The first-order valence-electron chi connectivity index (χ1n) is 11.1. The molecule has 9 heteroatoms. The Morgan fingerprint density at radius 3 is 2.48 bits per heavy atom. The second kappa shape index (κ2) is 9.59. The second-order valence-corrected chi connectivity index (χ2v) is 10.3. The van der Waals surface area contributed by atoms with Crippen molar-refractivity contribution >= 4 is 28.4 Å². The van der Waals surface area contributed by atoms with Crippen LogP contribution >= 0.6 is 23.2 Å². The SMILES string of the molecule is O=C(Cl)c1cc(C2CC2)c(OCC2CCN(CC3(Cl)C=C(C(F)(F)F)C=CC3)CC2)cc1F. The molecule has 2 fully saturated rings. The topological polar surface area (TPSA) is 29.5 Å². The summed E-state index contributed by atoms with van der Waals surface area (Å²) in [7, 11) is 0. The molecular weight excluding hydrogens is 481 g/mol. The lowest BCUT2D eigenvalue weighted by Crippen LogP contribution is -2.44. The van der Waals surface area contributed by atoms with Crippen molar-refractivity contribution in [3.8, 4) is 5.75 Å². The van der Waals surface area contributed by atoms with Gasteiger partial charge in [-0.15, -0.1) is 11.6 Å². The van der Waals surface area contributed by atoms with Crippen molar-refractivity contribution in [2.24, 2.45) is 5.92 Å². The van der Waals surface area contributed by atoms with Gasteiger partial charge in [0.05, 0.1) is 22.6 Å². The van der Waals surface area contributed by atoms with E-state index in [1.807, 2.05) is 0 Å². The van der Waals surface area contributed by atoms with Gasteiger partial charge in [0.25, 0.3) is 5.24 Å². The van der Waals surface area contributed by atoms with E-state index < -0.39 is 27.7 Å². The molecule has 1 aromatic rings. The molecule has 1 aliphatic heterocycles. The van der Waals surface area contributed by atoms with E-state index in [9.17, 15) is 22.4 Å². The molecule has 0 amide bonds. The van der Waals surface area contributed by atoms with Gasteiger partial charge in [0.15, 0.2) is 0 Å². The smallest absolute Gasteiger partial charge is 0.416 e. The van der Waals surface area contributed by atoms with E-state index in [-0.39, 0.29) is 17.4 Å². The molecular formula is C24H25Cl2F4NO2. The van der Waals surface area contributed by atoms with Crippen LogP contribution in [-0.2, 0) is 0 Å². The molecule has 3 aliphatic rings. The molecule has 1 saturated carbocycles. The van der Waals surface area contributed by atoms with E-state index >= 15 is 0 Å². The number of alkyl halides is 4. The fourth-order valence-corrected chi connectivity index (χ4v) is 5.03. The van der Waals surface area contributed by atoms with Crippen LogP contribution in [0.3, 0.4) is 0 Å². The van der Waals surface area contributed by atoms with Crippen LogP contribution in [-0.4, -0.2) is 47.4 Å². The largest absolute Gasteiger partial charge is 0.493 e. The molecule has 1 unspecified atom stereocenters. The molecule has 0 bridgehead atoms. The number of piperidine rings is 1. The van der Waals surface area contributed by atoms with Crippen molar-refractivity contribution < 1.29 is 27.1 Å². The standard InChI is InChI=1S/C24H25Cl2F4NO2/c25-22(32)19-10-18(16-3-4-16)21(11-20(19)27)33-13-15-5-8-31(9-6-15)14-23(26)7-1-2-17(12-23)24(28,29)30/h1-2,10-12,15-16H,3-9,13-14H2. The highest BCUT2D eigenvalue weighted by atomic mass is 35.5. The Bertz CT molecular complexity index is 966. The predicted octanol–water partition coefficient (Wildman–Crippen LogP) is 6.60. The van der Waals surface area contributed by atoms with Gasteiger partial charge in [0.1, 0.15) is 11.6 Å². The first-order chi connectivity index (χ1) is 15.5. The summed E-state index contributed by atoms with van der Waals surface area (Å²) >= 11 is 12.0. The van der Waals surface area contributed by atoms with Crippen molar-refractivity contribution in [3.63, 3.8) is 0 Å². The van der Waals surface area contributed by atoms with Crippen LogP contribution in [0.25, 0.3) is 0 Å². The van der Waals surface area contributed by atoms with Crippen LogP contribution in [0.2, 0.25) is 0 Å². The van der Waals surface area contributed by atoms with E-state index in [1.165, 1.54) is 18.2 Å². The quantitative estimate of drug-likeness (QED) is 0.237. The Morgan fingerprint density at radius 1 is 1.18 bits per heavy atom. The van der Waals surface area contributed by atoms with Gasteiger partial charge < -0.3 is 9.64 Å². The van der Waals surface area contributed by atoms with E-state index in [1.54, 1.807) is 0 Å². The molecule has 3 nitrogen and oxygen atoms in total. The third-order valence-corrected chi connectivity index (χ3v) is 7.08. The molecule has 0 aromatic heterocycles. The number of carbonyl (C=O) groups is 1. The maximum Gasteiger partial charge on any atom is 0.416 e. The highest BCUT2D eigenvalue weighted by Crippen LogP contribution is 2.45. The van der Waals surface area contributed by atoms with Crippen LogP contribution in [0.1, 0.15) is 53.9 Å². The summed E-state index contributed by atoms with van der Waals surface area (Å²) in [6.07, 6.45) is 3.19. The van der Waals surface area contributed by atoms with E-state index in [0.717, 1.165) is 43.4 Å². The summed E-state index contributed by atoms with van der Waals surface area (Å²) in [4.78, 5) is 12.5. The van der Waals surface area contributed by atoms with E-state index in [2.05, 4.69) is 4.90 Å². The minimum atomic E-state index is -4.41. The highest BCUT2D eigenvalue weighted by molar-refractivity contribution is 6.67. The van der Waals surface area contributed by atoms with Gasteiger partial charge in [0, 0.05) is 12.6 Å². The zero-order valence-corrected chi connectivity index (χ0v) is 19.4. The van der Waals surface area contributed by atoms with Crippen molar-refractivity contribution in [1.29, 1.82) is 0 Å². The summed E-state index contributed by atoms with van der Waals surface area (Å²) in [6.45, 7) is 2.15. The second-order valence-electron chi connectivity index (χ2n) is 9.19. The monoisotopic (exact) mass is 505 g/mol. The van der Waals surface area contributed by atoms with Gasteiger partial charge in [-0.3, -0.25) is 4.79 Å². The maximum absolute atomic E-state index is 14.3. The van der Waals surface area contributed by atoms with Crippen LogP contribution in [0.15, 0.2) is 35.9 Å².